The zero-order valence-corrected chi connectivity index (χ0v) is 16.5. The van der Waals surface area contributed by atoms with Crippen LogP contribution in [0.15, 0.2) is 53.4 Å². The van der Waals surface area contributed by atoms with Crippen molar-refractivity contribution in [1.29, 1.82) is 0 Å². The number of fused-ring (bicyclic) bond motifs is 1. The van der Waals surface area contributed by atoms with Gasteiger partial charge in [-0.1, -0.05) is 6.07 Å². The van der Waals surface area contributed by atoms with Crippen LogP contribution in [0.25, 0.3) is 32.3 Å². The first kappa shape index (κ1) is 16.3. The summed E-state index contributed by atoms with van der Waals surface area (Å²) in [6, 6.07) is 12.5. The summed E-state index contributed by atoms with van der Waals surface area (Å²) in [5, 5.41) is 8.92. The van der Waals surface area contributed by atoms with Crippen LogP contribution in [-0.4, -0.2) is 19.2 Å². The first-order valence-electron chi connectivity index (χ1n) is 8.55. The molecule has 2 N–H and O–H groups in total. The lowest BCUT2D eigenvalue weighted by molar-refractivity contribution is 0.950. The standard InChI is InChI=1S/C20H17N5S2/c1-12-5-6-13(2)24(12)16-7-9-27-19(16)15-10-18-22-11-14(17-4-3-8-26-17)20(21)25(18)23-15/h3-11H,21H2,1-2H3. The molecule has 0 fully saturated rings. The fraction of sp³-hybridized carbons (Fsp3) is 0.100. The zero-order valence-electron chi connectivity index (χ0n) is 14.9. The SMILES string of the molecule is Cc1ccc(C)n1-c1ccsc1-c1cc2ncc(-c3cccs3)c(N)n2n1. The molecule has 0 aliphatic carbocycles. The summed E-state index contributed by atoms with van der Waals surface area (Å²) in [5.74, 6) is 0.611. The van der Waals surface area contributed by atoms with Gasteiger partial charge in [-0.25, -0.2) is 4.98 Å². The van der Waals surface area contributed by atoms with Crippen molar-refractivity contribution in [3.05, 3.63) is 64.7 Å². The van der Waals surface area contributed by atoms with Gasteiger partial charge in [-0.15, -0.1) is 22.7 Å². The van der Waals surface area contributed by atoms with E-state index in [2.05, 4.69) is 47.0 Å². The molecule has 27 heavy (non-hydrogen) atoms. The van der Waals surface area contributed by atoms with E-state index in [1.165, 1.54) is 11.4 Å². The highest BCUT2D eigenvalue weighted by molar-refractivity contribution is 7.14. The van der Waals surface area contributed by atoms with Crippen LogP contribution in [0.5, 0.6) is 0 Å². The molecule has 7 heteroatoms. The number of rotatable bonds is 3. The van der Waals surface area contributed by atoms with Crippen molar-refractivity contribution in [2.45, 2.75) is 13.8 Å². The second kappa shape index (κ2) is 6.07. The summed E-state index contributed by atoms with van der Waals surface area (Å²) >= 11 is 3.32. The lowest BCUT2D eigenvalue weighted by Gasteiger charge is -2.09. The molecular formula is C20H17N5S2. The first-order chi connectivity index (χ1) is 13.1. The molecule has 5 nitrogen and oxygen atoms in total. The Morgan fingerprint density at radius 3 is 2.56 bits per heavy atom. The second-order valence-corrected chi connectivity index (χ2v) is 8.28. The lowest BCUT2D eigenvalue weighted by Crippen LogP contribution is -2.02. The normalized spacial score (nSPS) is 11.5. The van der Waals surface area contributed by atoms with E-state index in [1.54, 1.807) is 27.2 Å². The Morgan fingerprint density at radius 1 is 1.00 bits per heavy atom. The molecule has 5 aromatic heterocycles. The van der Waals surface area contributed by atoms with Gasteiger partial charge >= 0.3 is 0 Å². The summed E-state index contributed by atoms with van der Waals surface area (Å²) in [4.78, 5) is 6.78. The van der Waals surface area contributed by atoms with Gasteiger partial charge in [0.2, 0.25) is 0 Å². The molecule has 5 rings (SSSR count). The van der Waals surface area contributed by atoms with E-state index in [0.717, 1.165) is 32.3 Å². The number of hydrogen-bond donors (Lipinski definition) is 1. The number of nitrogen functional groups attached to an aromatic ring is 1. The Morgan fingerprint density at radius 2 is 1.81 bits per heavy atom. The van der Waals surface area contributed by atoms with E-state index in [-0.39, 0.29) is 0 Å². The van der Waals surface area contributed by atoms with E-state index < -0.39 is 0 Å². The van der Waals surface area contributed by atoms with Crippen molar-refractivity contribution in [2.75, 3.05) is 5.73 Å². The van der Waals surface area contributed by atoms with Gasteiger partial charge in [0.15, 0.2) is 5.65 Å². The van der Waals surface area contributed by atoms with Gasteiger partial charge in [-0.05, 0) is 48.9 Å². The van der Waals surface area contributed by atoms with Crippen molar-refractivity contribution in [3.63, 3.8) is 0 Å². The number of aromatic nitrogens is 4. The predicted octanol–water partition coefficient (Wildman–Crippen LogP) is 5.18. The molecule has 5 heterocycles. The number of aryl methyl sites for hydroxylation is 2. The number of anilines is 1. The van der Waals surface area contributed by atoms with Gasteiger partial charge < -0.3 is 10.3 Å². The molecule has 0 unspecified atom stereocenters. The Bertz CT molecular complexity index is 1240. The maximum absolute atomic E-state index is 6.42. The smallest absolute Gasteiger partial charge is 0.157 e. The number of nitrogens with zero attached hydrogens (tertiary/aromatic N) is 4. The topological polar surface area (TPSA) is 61.1 Å². The summed E-state index contributed by atoms with van der Waals surface area (Å²) in [6.45, 7) is 4.23. The van der Waals surface area contributed by atoms with E-state index >= 15 is 0 Å². The second-order valence-electron chi connectivity index (χ2n) is 6.42. The third-order valence-corrected chi connectivity index (χ3v) is 6.53. The molecule has 0 aliphatic heterocycles. The van der Waals surface area contributed by atoms with Crippen LogP contribution in [0.1, 0.15) is 11.4 Å². The fourth-order valence-corrected chi connectivity index (χ4v) is 4.98. The minimum absolute atomic E-state index is 0.611. The molecule has 134 valence electrons. The molecule has 0 aliphatic rings. The van der Waals surface area contributed by atoms with Crippen LogP contribution >= 0.6 is 22.7 Å². The van der Waals surface area contributed by atoms with Crippen molar-refractivity contribution < 1.29 is 0 Å². The molecule has 0 atom stereocenters. The van der Waals surface area contributed by atoms with E-state index in [9.17, 15) is 0 Å². The largest absolute Gasteiger partial charge is 0.383 e. The van der Waals surface area contributed by atoms with Crippen LogP contribution in [-0.2, 0) is 0 Å². The summed E-state index contributed by atoms with van der Waals surface area (Å²) < 4.78 is 3.99. The Kier molecular flexibility index (Phi) is 3.66. The molecule has 5 aromatic rings. The average molecular weight is 392 g/mol. The van der Waals surface area contributed by atoms with Crippen LogP contribution < -0.4 is 5.73 Å². The minimum Gasteiger partial charge on any atom is -0.383 e. The first-order valence-corrected chi connectivity index (χ1v) is 10.3. The van der Waals surface area contributed by atoms with Crippen LogP contribution in [0.4, 0.5) is 5.82 Å². The maximum Gasteiger partial charge on any atom is 0.157 e. The maximum atomic E-state index is 6.42. The van der Waals surface area contributed by atoms with Gasteiger partial charge in [-0.3, -0.25) is 0 Å². The third-order valence-electron chi connectivity index (χ3n) is 4.70. The fourth-order valence-electron chi connectivity index (χ4n) is 3.40. The van der Waals surface area contributed by atoms with Crippen LogP contribution in [0.3, 0.4) is 0 Å². The third kappa shape index (κ3) is 2.50. The Labute approximate surface area is 164 Å². The molecule has 0 saturated carbocycles. The van der Waals surface area contributed by atoms with Crippen molar-refractivity contribution in [1.82, 2.24) is 19.2 Å². The van der Waals surface area contributed by atoms with Crippen molar-refractivity contribution >= 4 is 34.1 Å². The minimum atomic E-state index is 0.611. The Balaban J connectivity index is 1.68. The van der Waals surface area contributed by atoms with E-state index in [0.29, 0.717) is 5.82 Å². The molecule has 0 aromatic carbocycles. The quantitative estimate of drug-likeness (QED) is 0.461. The lowest BCUT2D eigenvalue weighted by atomic mass is 10.2. The molecule has 0 bridgehead atoms. The van der Waals surface area contributed by atoms with Crippen LogP contribution in [0.2, 0.25) is 0 Å². The molecule has 0 saturated heterocycles. The van der Waals surface area contributed by atoms with Gasteiger partial charge in [0.05, 0.1) is 16.1 Å². The molecule has 0 spiro atoms. The van der Waals surface area contributed by atoms with E-state index in [1.807, 2.05) is 29.8 Å². The van der Waals surface area contributed by atoms with Crippen LogP contribution in [0, 0.1) is 13.8 Å². The summed E-state index contributed by atoms with van der Waals surface area (Å²) in [6.07, 6.45) is 1.83. The van der Waals surface area contributed by atoms with Crippen molar-refractivity contribution in [2.24, 2.45) is 0 Å². The van der Waals surface area contributed by atoms with Gasteiger partial charge in [0.25, 0.3) is 0 Å². The highest BCUT2D eigenvalue weighted by Crippen LogP contribution is 2.35. The number of hydrogen-bond acceptors (Lipinski definition) is 5. The van der Waals surface area contributed by atoms with Gasteiger partial charge in [-0.2, -0.15) is 9.61 Å². The summed E-state index contributed by atoms with van der Waals surface area (Å²) in [5.41, 5.74) is 12.5. The number of thiophene rings is 2. The van der Waals surface area contributed by atoms with Gasteiger partial charge in [0.1, 0.15) is 11.5 Å². The molecule has 0 radical (unpaired) electrons. The Hall–Kier alpha value is -2.90. The van der Waals surface area contributed by atoms with Gasteiger partial charge in [0, 0.05) is 28.5 Å². The summed E-state index contributed by atoms with van der Waals surface area (Å²) in [7, 11) is 0. The molecule has 0 amide bonds. The van der Waals surface area contributed by atoms with E-state index in [4.69, 9.17) is 10.8 Å². The zero-order chi connectivity index (χ0) is 18.5. The van der Waals surface area contributed by atoms with Crippen molar-refractivity contribution in [3.8, 4) is 26.7 Å². The highest BCUT2D eigenvalue weighted by Gasteiger charge is 2.17. The predicted molar refractivity (Wildman–Crippen MR) is 113 cm³/mol. The average Bonchev–Trinajstić information content (AvgIpc) is 3.41. The highest BCUT2D eigenvalue weighted by atomic mass is 32.1. The number of nitrogens with two attached hydrogens (primary N) is 1. The molecular weight excluding hydrogens is 374 g/mol. The monoisotopic (exact) mass is 391 g/mol.